The lowest BCUT2D eigenvalue weighted by Gasteiger charge is -2.27. The van der Waals surface area contributed by atoms with Gasteiger partial charge in [-0.1, -0.05) is 0 Å². The van der Waals surface area contributed by atoms with Crippen molar-refractivity contribution in [1.82, 2.24) is 15.5 Å². The molecule has 20 heavy (non-hydrogen) atoms. The third-order valence-electron chi connectivity index (χ3n) is 5.97. The molecule has 0 aromatic heterocycles. The smallest absolute Gasteiger partial charge is 0.223 e. The molecule has 4 aliphatic rings. The fraction of sp³-hybridized carbons (Fsp3) is 0.933. The summed E-state index contributed by atoms with van der Waals surface area (Å²) in [4.78, 5) is 14.7. The molecule has 2 N–H and O–H groups in total. The second kappa shape index (κ2) is 5.82. The van der Waals surface area contributed by atoms with Crippen molar-refractivity contribution in [2.45, 2.75) is 19.3 Å². The Bertz CT molecular complexity index is 356. The number of hydrogen-bond donors (Lipinski definition) is 2. The van der Waals surface area contributed by atoms with E-state index in [1.54, 1.807) is 0 Å². The van der Waals surface area contributed by atoms with Crippen molar-refractivity contribution in [3.63, 3.8) is 0 Å². The maximum absolute atomic E-state index is 12.2. The van der Waals surface area contributed by atoms with Gasteiger partial charge in [0.25, 0.3) is 0 Å². The van der Waals surface area contributed by atoms with Crippen molar-refractivity contribution < 1.29 is 4.79 Å². The zero-order valence-electron chi connectivity index (χ0n) is 12.0. The van der Waals surface area contributed by atoms with Crippen LogP contribution >= 0.6 is 12.4 Å². The molecule has 2 bridgehead atoms. The highest BCUT2D eigenvalue weighted by molar-refractivity contribution is 5.85. The van der Waals surface area contributed by atoms with Crippen molar-refractivity contribution in [1.29, 1.82) is 0 Å². The summed E-state index contributed by atoms with van der Waals surface area (Å²) in [6, 6.07) is 0. The minimum absolute atomic E-state index is 0. The fourth-order valence-electron chi connectivity index (χ4n) is 5.07. The van der Waals surface area contributed by atoms with Crippen molar-refractivity contribution in [3.8, 4) is 0 Å². The van der Waals surface area contributed by atoms with Gasteiger partial charge in [0.05, 0.1) is 0 Å². The Hall–Kier alpha value is -0.320. The number of fused-ring (bicyclic) bond motifs is 5. The first-order valence-electron chi connectivity index (χ1n) is 8.05. The van der Waals surface area contributed by atoms with Gasteiger partial charge in [0.15, 0.2) is 0 Å². The van der Waals surface area contributed by atoms with E-state index in [1.165, 1.54) is 19.3 Å². The van der Waals surface area contributed by atoms with E-state index < -0.39 is 0 Å². The monoisotopic (exact) mass is 299 g/mol. The average molecular weight is 300 g/mol. The number of nitrogens with zero attached hydrogens (tertiary/aromatic N) is 1. The Morgan fingerprint density at radius 1 is 1.15 bits per heavy atom. The van der Waals surface area contributed by atoms with Gasteiger partial charge in [0.1, 0.15) is 0 Å². The van der Waals surface area contributed by atoms with E-state index in [4.69, 9.17) is 0 Å². The van der Waals surface area contributed by atoms with E-state index in [2.05, 4.69) is 15.5 Å². The lowest BCUT2D eigenvalue weighted by Crippen LogP contribution is -2.46. The number of rotatable bonds is 4. The minimum Gasteiger partial charge on any atom is -0.355 e. The van der Waals surface area contributed by atoms with Gasteiger partial charge >= 0.3 is 0 Å². The van der Waals surface area contributed by atoms with Gasteiger partial charge in [-0.2, -0.15) is 0 Å². The third-order valence-corrected chi connectivity index (χ3v) is 5.97. The van der Waals surface area contributed by atoms with Crippen molar-refractivity contribution in [2.75, 3.05) is 39.3 Å². The van der Waals surface area contributed by atoms with Crippen molar-refractivity contribution in [3.05, 3.63) is 0 Å². The maximum Gasteiger partial charge on any atom is 0.223 e. The highest BCUT2D eigenvalue weighted by Crippen LogP contribution is 2.69. The Morgan fingerprint density at radius 3 is 2.45 bits per heavy atom. The molecular formula is C15H26ClN3O. The predicted molar refractivity (Wildman–Crippen MR) is 80.9 cm³/mol. The van der Waals surface area contributed by atoms with Crippen LogP contribution in [0.3, 0.4) is 0 Å². The highest BCUT2D eigenvalue weighted by Gasteiger charge is 2.67. The fourth-order valence-corrected chi connectivity index (χ4v) is 5.07. The summed E-state index contributed by atoms with van der Waals surface area (Å²) >= 11 is 0. The lowest BCUT2D eigenvalue weighted by molar-refractivity contribution is -0.123. The molecule has 4 rings (SSSR count). The molecule has 4 unspecified atom stereocenters. The molecular weight excluding hydrogens is 274 g/mol. The van der Waals surface area contributed by atoms with Crippen molar-refractivity contribution in [2.24, 2.45) is 29.6 Å². The summed E-state index contributed by atoms with van der Waals surface area (Å²) in [7, 11) is 0. The first-order chi connectivity index (χ1) is 9.34. The van der Waals surface area contributed by atoms with Gasteiger partial charge in [-0.15, -0.1) is 12.4 Å². The summed E-state index contributed by atoms with van der Waals surface area (Å²) in [6.07, 6.45) is 4.23. The van der Waals surface area contributed by atoms with Crippen LogP contribution in [0.15, 0.2) is 0 Å². The number of halogens is 1. The van der Waals surface area contributed by atoms with Gasteiger partial charge in [0, 0.05) is 45.2 Å². The van der Waals surface area contributed by atoms with E-state index in [9.17, 15) is 4.79 Å². The third kappa shape index (κ3) is 2.46. The zero-order valence-corrected chi connectivity index (χ0v) is 12.8. The van der Waals surface area contributed by atoms with Gasteiger partial charge < -0.3 is 10.6 Å². The van der Waals surface area contributed by atoms with E-state index in [1.807, 2.05) is 0 Å². The molecule has 0 aromatic carbocycles. The topological polar surface area (TPSA) is 44.4 Å². The Kier molecular flexibility index (Phi) is 4.25. The van der Waals surface area contributed by atoms with E-state index in [-0.39, 0.29) is 12.4 Å². The van der Waals surface area contributed by atoms with E-state index in [0.717, 1.165) is 62.9 Å². The first kappa shape index (κ1) is 14.6. The normalized spacial score (nSPS) is 41.9. The van der Waals surface area contributed by atoms with Crippen LogP contribution < -0.4 is 10.6 Å². The second-order valence-corrected chi connectivity index (χ2v) is 6.90. The number of carbonyl (C=O) groups excluding carboxylic acids is 1. The number of piperazine rings is 1. The maximum atomic E-state index is 12.2. The molecule has 4 fully saturated rings. The number of hydrogen-bond acceptors (Lipinski definition) is 3. The molecule has 1 saturated heterocycles. The molecule has 5 heteroatoms. The Labute approximate surface area is 127 Å². The number of amides is 1. The molecule has 1 heterocycles. The molecule has 4 atom stereocenters. The van der Waals surface area contributed by atoms with Crippen LogP contribution in [0.5, 0.6) is 0 Å². The summed E-state index contributed by atoms with van der Waals surface area (Å²) in [5.74, 6) is 4.12. The Balaban J connectivity index is 0.00000121. The van der Waals surface area contributed by atoms with Crippen LogP contribution in [-0.4, -0.2) is 50.1 Å². The molecule has 0 radical (unpaired) electrons. The number of nitrogens with one attached hydrogen (secondary N) is 2. The zero-order chi connectivity index (χ0) is 12.8. The standard InChI is InChI=1S/C15H25N3O.ClH/c19-15(17-5-8-18-6-3-16-4-7-18)14-12-10-1-2-11(9-10)13(12)14;/h10-14,16H,1-9H2,(H,17,19);1H. The summed E-state index contributed by atoms with van der Waals surface area (Å²) in [5, 5.41) is 6.54. The van der Waals surface area contributed by atoms with Gasteiger partial charge in [-0.3, -0.25) is 9.69 Å². The van der Waals surface area contributed by atoms with Crippen LogP contribution in [0.4, 0.5) is 0 Å². The molecule has 1 aliphatic heterocycles. The molecule has 0 spiro atoms. The number of carbonyl (C=O) groups is 1. The van der Waals surface area contributed by atoms with E-state index >= 15 is 0 Å². The van der Waals surface area contributed by atoms with Crippen LogP contribution in [0.2, 0.25) is 0 Å². The second-order valence-electron chi connectivity index (χ2n) is 6.90. The molecule has 1 amide bonds. The van der Waals surface area contributed by atoms with Crippen LogP contribution in [0.1, 0.15) is 19.3 Å². The molecule has 114 valence electrons. The average Bonchev–Trinajstić information content (AvgIpc) is 2.89. The summed E-state index contributed by atoms with van der Waals surface area (Å²) in [5.41, 5.74) is 0. The SMILES string of the molecule is Cl.O=C(NCCN1CCNCC1)C1C2C3CCC(C3)C12. The lowest BCUT2D eigenvalue weighted by atomic mass is 10.0. The minimum atomic E-state index is 0. The summed E-state index contributed by atoms with van der Waals surface area (Å²) < 4.78 is 0. The molecule has 3 aliphatic carbocycles. The van der Waals surface area contributed by atoms with E-state index in [0.29, 0.717) is 11.8 Å². The summed E-state index contributed by atoms with van der Waals surface area (Å²) in [6.45, 7) is 6.27. The largest absolute Gasteiger partial charge is 0.355 e. The van der Waals surface area contributed by atoms with Gasteiger partial charge in [-0.05, 0) is 42.9 Å². The van der Waals surface area contributed by atoms with Crippen LogP contribution in [0.25, 0.3) is 0 Å². The quantitative estimate of drug-likeness (QED) is 0.804. The first-order valence-corrected chi connectivity index (χ1v) is 8.05. The highest BCUT2D eigenvalue weighted by atomic mass is 35.5. The molecule has 0 aromatic rings. The van der Waals surface area contributed by atoms with Gasteiger partial charge in [-0.25, -0.2) is 0 Å². The van der Waals surface area contributed by atoms with Crippen molar-refractivity contribution >= 4 is 18.3 Å². The predicted octanol–water partition coefficient (Wildman–Crippen LogP) is 0.722. The van der Waals surface area contributed by atoms with Crippen LogP contribution in [0, 0.1) is 29.6 Å². The Morgan fingerprint density at radius 2 is 1.80 bits per heavy atom. The van der Waals surface area contributed by atoms with Crippen LogP contribution in [-0.2, 0) is 4.79 Å². The molecule has 4 nitrogen and oxygen atoms in total. The molecule has 3 saturated carbocycles. The van der Waals surface area contributed by atoms with Gasteiger partial charge in [0.2, 0.25) is 5.91 Å².